The summed E-state index contributed by atoms with van der Waals surface area (Å²) in [5, 5.41) is 13.8. The molecule has 0 aliphatic rings. The van der Waals surface area contributed by atoms with Crippen molar-refractivity contribution in [2.24, 2.45) is 5.92 Å². The van der Waals surface area contributed by atoms with Gasteiger partial charge >= 0.3 is 0 Å². The van der Waals surface area contributed by atoms with Crippen LogP contribution < -0.4 is 5.32 Å². The van der Waals surface area contributed by atoms with Crippen molar-refractivity contribution in [1.82, 2.24) is 5.32 Å². The first-order valence-electron chi connectivity index (χ1n) is 5.67. The van der Waals surface area contributed by atoms with Crippen LogP contribution in [0, 0.1) is 16.0 Å². The molecule has 5 nitrogen and oxygen atoms in total. The van der Waals surface area contributed by atoms with Gasteiger partial charge in [-0.3, -0.25) is 14.9 Å². The van der Waals surface area contributed by atoms with Gasteiger partial charge in [0.25, 0.3) is 11.6 Å². The minimum atomic E-state index is -0.569. The Bertz CT molecular complexity index is 494. The molecule has 0 aliphatic carbocycles. The lowest BCUT2D eigenvalue weighted by Crippen LogP contribution is -2.39. The van der Waals surface area contributed by atoms with Crippen LogP contribution in [0.4, 0.5) is 5.69 Å². The number of carbonyl (C=O) groups is 1. The number of carbonyl (C=O) groups excluding carboxylic acids is 1. The first-order chi connectivity index (χ1) is 8.85. The van der Waals surface area contributed by atoms with E-state index in [2.05, 4.69) is 27.9 Å². The van der Waals surface area contributed by atoms with Crippen LogP contribution in [0.15, 0.2) is 18.2 Å². The molecule has 0 saturated heterocycles. The summed E-state index contributed by atoms with van der Waals surface area (Å²) in [7, 11) is 0. The third-order valence-corrected chi connectivity index (χ3v) is 3.81. The van der Waals surface area contributed by atoms with Gasteiger partial charge < -0.3 is 5.32 Å². The molecule has 0 radical (unpaired) electrons. The SMILES string of the molecule is CC(C)C(CI)NC(=O)c1cc(Cl)cc([N+](=O)[O-])c1. The van der Waals surface area contributed by atoms with Crippen molar-refractivity contribution in [2.75, 3.05) is 4.43 Å². The van der Waals surface area contributed by atoms with E-state index in [-0.39, 0.29) is 34.1 Å². The molecule has 0 heterocycles. The Balaban J connectivity index is 2.96. The monoisotopic (exact) mass is 396 g/mol. The second-order valence-corrected chi connectivity index (χ2v) is 5.75. The molecule has 1 aromatic rings. The number of nitro groups is 1. The zero-order valence-corrected chi connectivity index (χ0v) is 13.4. The minimum Gasteiger partial charge on any atom is -0.348 e. The number of non-ortho nitro benzene ring substituents is 1. The maximum absolute atomic E-state index is 12.0. The number of amides is 1. The molecule has 0 fully saturated rings. The molecule has 7 heteroatoms. The summed E-state index contributed by atoms with van der Waals surface area (Å²) in [5.74, 6) is -0.0593. The molecule has 1 rings (SSSR count). The van der Waals surface area contributed by atoms with Crippen LogP contribution in [0.2, 0.25) is 5.02 Å². The van der Waals surface area contributed by atoms with E-state index in [1.54, 1.807) is 0 Å². The molecule has 19 heavy (non-hydrogen) atoms. The normalized spacial score (nSPS) is 12.3. The van der Waals surface area contributed by atoms with Gasteiger partial charge in [0.1, 0.15) is 0 Å². The van der Waals surface area contributed by atoms with Gasteiger partial charge in [0, 0.05) is 33.2 Å². The summed E-state index contributed by atoms with van der Waals surface area (Å²) in [6.07, 6.45) is 0. The fraction of sp³-hybridized carbons (Fsp3) is 0.417. The lowest BCUT2D eigenvalue weighted by molar-refractivity contribution is -0.384. The van der Waals surface area contributed by atoms with Gasteiger partial charge in [-0.1, -0.05) is 48.0 Å². The number of rotatable bonds is 5. The fourth-order valence-electron chi connectivity index (χ4n) is 1.45. The Morgan fingerprint density at radius 3 is 2.58 bits per heavy atom. The standard InChI is InChI=1S/C12H14ClIN2O3/c1-7(2)11(6-14)15-12(17)8-3-9(13)5-10(4-8)16(18)19/h3-5,7,11H,6H2,1-2H3,(H,15,17). The van der Waals surface area contributed by atoms with Crippen LogP contribution in [-0.4, -0.2) is 21.3 Å². The number of nitrogens with zero attached hydrogens (tertiary/aromatic N) is 1. The van der Waals surface area contributed by atoms with Crippen LogP contribution in [0.3, 0.4) is 0 Å². The van der Waals surface area contributed by atoms with Gasteiger partial charge in [-0.05, 0) is 12.0 Å². The highest BCUT2D eigenvalue weighted by Crippen LogP contribution is 2.21. The fourth-order valence-corrected chi connectivity index (χ4v) is 2.91. The van der Waals surface area contributed by atoms with Gasteiger partial charge in [0.2, 0.25) is 0 Å². The summed E-state index contributed by atoms with van der Waals surface area (Å²) in [6, 6.07) is 3.89. The highest BCUT2D eigenvalue weighted by molar-refractivity contribution is 14.1. The maximum Gasteiger partial charge on any atom is 0.271 e. The van der Waals surface area contributed by atoms with Gasteiger partial charge in [-0.2, -0.15) is 0 Å². The summed E-state index contributed by atoms with van der Waals surface area (Å²) < 4.78 is 0.768. The van der Waals surface area contributed by atoms with E-state index in [1.807, 2.05) is 13.8 Å². The Kier molecular flexibility index (Phi) is 5.99. The quantitative estimate of drug-likeness (QED) is 0.359. The summed E-state index contributed by atoms with van der Waals surface area (Å²) in [4.78, 5) is 22.2. The van der Waals surface area contributed by atoms with E-state index < -0.39 is 4.92 Å². The summed E-state index contributed by atoms with van der Waals surface area (Å²) >= 11 is 7.98. The van der Waals surface area contributed by atoms with Crippen LogP contribution in [0.25, 0.3) is 0 Å². The second kappa shape index (κ2) is 7.04. The predicted octanol–water partition coefficient (Wildman–Crippen LogP) is 3.44. The minimum absolute atomic E-state index is 0.0196. The molecular weight excluding hydrogens is 383 g/mol. The molecule has 104 valence electrons. The largest absolute Gasteiger partial charge is 0.348 e. The lowest BCUT2D eigenvalue weighted by atomic mass is 10.1. The van der Waals surface area contributed by atoms with Gasteiger partial charge in [0.15, 0.2) is 0 Å². The summed E-state index contributed by atoms with van der Waals surface area (Å²) in [6.45, 7) is 4.01. The van der Waals surface area contributed by atoms with Crippen molar-refractivity contribution in [1.29, 1.82) is 0 Å². The molecule has 0 saturated carbocycles. The Morgan fingerprint density at radius 1 is 1.47 bits per heavy atom. The molecule has 1 atom stereocenters. The van der Waals surface area contributed by atoms with Crippen molar-refractivity contribution in [2.45, 2.75) is 19.9 Å². The number of nitrogens with one attached hydrogen (secondary N) is 1. The van der Waals surface area contributed by atoms with Gasteiger partial charge in [0.05, 0.1) is 4.92 Å². The van der Waals surface area contributed by atoms with Crippen molar-refractivity contribution in [3.8, 4) is 0 Å². The van der Waals surface area contributed by atoms with Crippen molar-refractivity contribution in [3.05, 3.63) is 38.9 Å². The molecule has 1 amide bonds. The van der Waals surface area contributed by atoms with E-state index in [1.165, 1.54) is 18.2 Å². The van der Waals surface area contributed by atoms with Gasteiger partial charge in [-0.25, -0.2) is 0 Å². The first kappa shape index (κ1) is 16.2. The molecule has 1 unspecified atom stereocenters. The van der Waals surface area contributed by atoms with Crippen LogP contribution in [-0.2, 0) is 0 Å². The van der Waals surface area contributed by atoms with E-state index in [4.69, 9.17) is 11.6 Å². The number of benzene rings is 1. The van der Waals surface area contributed by atoms with E-state index in [0.29, 0.717) is 0 Å². The molecule has 1 aromatic carbocycles. The van der Waals surface area contributed by atoms with E-state index >= 15 is 0 Å². The lowest BCUT2D eigenvalue weighted by Gasteiger charge is -2.19. The number of halogens is 2. The summed E-state index contributed by atoms with van der Waals surface area (Å²) in [5.41, 5.74) is 0.0166. The molecular formula is C12H14ClIN2O3. The van der Waals surface area contributed by atoms with Gasteiger partial charge in [-0.15, -0.1) is 0 Å². The molecule has 0 bridgehead atoms. The molecule has 1 N–H and O–H groups in total. The van der Waals surface area contributed by atoms with Crippen molar-refractivity contribution in [3.63, 3.8) is 0 Å². The van der Waals surface area contributed by atoms with Crippen LogP contribution >= 0.6 is 34.2 Å². The van der Waals surface area contributed by atoms with E-state index in [0.717, 1.165) is 4.43 Å². The highest BCUT2D eigenvalue weighted by Gasteiger charge is 2.18. The second-order valence-electron chi connectivity index (χ2n) is 4.43. The zero-order chi connectivity index (χ0) is 14.6. The number of hydrogen-bond donors (Lipinski definition) is 1. The smallest absolute Gasteiger partial charge is 0.271 e. The highest BCUT2D eigenvalue weighted by atomic mass is 127. The van der Waals surface area contributed by atoms with Crippen molar-refractivity contribution < 1.29 is 9.72 Å². The average molecular weight is 397 g/mol. The number of hydrogen-bond acceptors (Lipinski definition) is 3. The number of nitro benzene ring substituents is 1. The Hall–Kier alpha value is -0.890. The molecule has 0 aromatic heterocycles. The molecule has 0 spiro atoms. The first-order valence-corrected chi connectivity index (χ1v) is 7.57. The number of alkyl halides is 1. The third-order valence-electron chi connectivity index (χ3n) is 2.64. The topological polar surface area (TPSA) is 72.2 Å². The zero-order valence-electron chi connectivity index (χ0n) is 10.5. The van der Waals surface area contributed by atoms with Crippen molar-refractivity contribution >= 4 is 45.8 Å². The van der Waals surface area contributed by atoms with Crippen LogP contribution in [0.5, 0.6) is 0 Å². The Morgan fingerprint density at radius 2 is 2.11 bits per heavy atom. The maximum atomic E-state index is 12.0. The Labute approximate surface area is 130 Å². The average Bonchev–Trinajstić information content (AvgIpc) is 2.34. The van der Waals surface area contributed by atoms with E-state index in [9.17, 15) is 14.9 Å². The third kappa shape index (κ3) is 4.61. The molecule has 0 aliphatic heterocycles. The van der Waals surface area contributed by atoms with Crippen LogP contribution in [0.1, 0.15) is 24.2 Å². The predicted molar refractivity (Wildman–Crippen MR) is 83.1 cm³/mol.